The third-order valence-corrected chi connectivity index (χ3v) is 4.00. The first kappa shape index (κ1) is 14.4. The van der Waals surface area contributed by atoms with Crippen molar-refractivity contribution in [2.24, 2.45) is 14.1 Å². The number of aryl methyl sites for hydroxylation is 4. The molecule has 3 nitrogen and oxygen atoms in total. The summed E-state index contributed by atoms with van der Waals surface area (Å²) in [7, 11) is 4.18. The van der Waals surface area contributed by atoms with E-state index in [9.17, 15) is 0 Å². The Balaban J connectivity index is 1.80. The fourth-order valence-corrected chi connectivity index (χ4v) is 2.70. The van der Waals surface area contributed by atoms with Crippen LogP contribution < -0.4 is 13.7 Å². The van der Waals surface area contributed by atoms with Crippen LogP contribution in [0.5, 0.6) is 0 Å². The van der Waals surface area contributed by atoms with E-state index in [0.29, 0.717) is 0 Å². The fourth-order valence-electron chi connectivity index (χ4n) is 2.70. The molecule has 3 aromatic heterocycles. The number of aromatic nitrogens is 3. The van der Waals surface area contributed by atoms with Crippen LogP contribution in [0.4, 0.5) is 0 Å². The molecule has 0 aliphatic carbocycles. The summed E-state index contributed by atoms with van der Waals surface area (Å²) in [5.74, 6) is 0. The van der Waals surface area contributed by atoms with E-state index < -0.39 is 0 Å². The van der Waals surface area contributed by atoms with E-state index in [1.807, 2.05) is 0 Å². The number of nitrogens with zero attached hydrogens (tertiary/aromatic N) is 3. The molecule has 3 heterocycles. The van der Waals surface area contributed by atoms with Gasteiger partial charge in [-0.25, -0.2) is 13.7 Å². The predicted octanol–water partition coefficient (Wildman–Crippen LogP) is 1.53. The summed E-state index contributed by atoms with van der Waals surface area (Å²) in [5, 5.41) is 0. The van der Waals surface area contributed by atoms with Crippen molar-refractivity contribution in [2.75, 3.05) is 0 Å². The van der Waals surface area contributed by atoms with E-state index in [0.717, 1.165) is 13.0 Å². The fraction of sp³-hybridized carbons (Fsp3) is 0.211. The average molecular weight is 292 g/mol. The Labute approximate surface area is 131 Å². The third-order valence-electron chi connectivity index (χ3n) is 4.00. The van der Waals surface area contributed by atoms with Gasteiger partial charge in [0.2, 0.25) is 5.69 Å². The largest absolute Gasteiger partial charge is 0.218 e. The SMILES string of the molecule is C[n+]1ccccc1CC[n+]1cccc(-c2cccc[n+]2C)c1. The highest BCUT2D eigenvalue weighted by atomic mass is 15.0. The molecule has 0 saturated heterocycles. The molecule has 22 heavy (non-hydrogen) atoms. The molecule has 0 saturated carbocycles. The minimum Gasteiger partial charge on any atom is -0.205 e. The summed E-state index contributed by atoms with van der Waals surface area (Å²) >= 11 is 0. The second-order valence-electron chi connectivity index (χ2n) is 5.58. The Bertz CT molecular complexity index is 781. The first-order valence-corrected chi connectivity index (χ1v) is 7.62. The summed E-state index contributed by atoms with van der Waals surface area (Å²) in [4.78, 5) is 0. The molecule has 0 bridgehead atoms. The Hall–Kier alpha value is -2.55. The molecule has 0 spiro atoms. The summed E-state index contributed by atoms with van der Waals surface area (Å²) in [6, 6.07) is 16.9. The molecule has 0 aromatic carbocycles. The smallest absolute Gasteiger partial charge is 0.205 e. The highest BCUT2D eigenvalue weighted by Gasteiger charge is 2.14. The molecule has 0 atom stereocenters. The molecule has 3 aromatic rings. The average Bonchev–Trinajstić information content (AvgIpc) is 2.55. The quantitative estimate of drug-likeness (QED) is 0.647. The Morgan fingerprint density at radius 2 is 1.55 bits per heavy atom. The zero-order valence-corrected chi connectivity index (χ0v) is 13.2. The lowest BCUT2D eigenvalue weighted by atomic mass is 10.2. The molecule has 0 N–H and O–H groups in total. The van der Waals surface area contributed by atoms with Gasteiger partial charge in [0.15, 0.2) is 37.0 Å². The van der Waals surface area contributed by atoms with Gasteiger partial charge in [0.05, 0.1) is 6.42 Å². The minimum absolute atomic E-state index is 0.974. The lowest BCUT2D eigenvalue weighted by Gasteiger charge is -2.01. The van der Waals surface area contributed by atoms with Crippen LogP contribution in [0, 0.1) is 0 Å². The van der Waals surface area contributed by atoms with Gasteiger partial charge >= 0.3 is 0 Å². The van der Waals surface area contributed by atoms with Crippen LogP contribution in [-0.4, -0.2) is 0 Å². The van der Waals surface area contributed by atoms with Crippen molar-refractivity contribution in [3.8, 4) is 11.3 Å². The monoisotopic (exact) mass is 292 g/mol. The topological polar surface area (TPSA) is 11.6 Å². The van der Waals surface area contributed by atoms with Crippen molar-refractivity contribution in [1.82, 2.24) is 0 Å². The van der Waals surface area contributed by atoms with E-state index in [4.69, 9.17) is 0 Å². The second kappa shape index (κ2) is 6.48. The lowest BCUT2D eigenvalue weighted by Crippen LogP contribution is -2.39. The van der Waals surface area contributed by atoms with Crippen LogP contribution in [0.15, 0.2) is 73.3 Å². The van der Waals surface area contributed by atoms with E-state index >= 15 is 0 Å². The van der Waals surface area contributed by atoms with Crippen molar-refractivity contribution >= 4 is 0 Å². The van der Waals surface area contributed by atoms with Gasteiger partial charge in [-0.2, -0.15) is 0 Å². The van der Waals surface area contributed by atoms with Crippen molar-refractivity contribution in [3.05, 3.63) is 79.0 Å². The molecule has 0 aliphatic rings. The van der Waals surface area contributed by atoms with Crippen molar-refractivity contribution in [2.45, 2.75) is 13.0 Å². The molecule has 0 fully saturated rings. The van der Waals surface area contributed by atoms with Crippen LogP contribution in [0.1, 0.15) is 5.69 Å². The number of hydrogen-bond acceptors (Lipinski definition) is 0. The molecule has 110 valence electrons. The van der Waals surface area contributed by atoms with Crippen LogP contribution in [0.2, 0.25) is 0 Å². The highest BCUT2D eigenvalue weighted by Crippen LogP contribution is 2.11. The van der Waals surface area contributed by atoms with Crippen LogP contribution in [0.25, 0.3) is 11.3 Å². The van der Waals surface area contributed by atoms with Crippen LogP contribution in [0.3, 0.4) is 0 Å². The van der Waals surface area contributed by atoms with E-state index in [1.165, 1.54) is 17.0 Å². The van der Waals surface area contributed by atoms with Crippen LogP contribution in [-0.2, 0) is 27.1 Å². The highest BCUT2D eigenvalue weighted by molar-refractivity contribution is 5.52. The van der Waals surface area contributed by atoms with E-state index in [2.05, 4.69) is 101 Å². The Morgan fingerprint density at radius 1 is 0.773 bits per heavy atom. The molecule has 0 amide bonds. The summed E-state index contributed by atoms with van der Waals surface area (Å²) in [5.41, 5.74) is 3.80. The van der Waals surface area contributed by atoms with Gasteiger partial charge in [0, 0.05) is 30.3 Å². The zero-order chi connectivity index (χ0) is 15.4. The maximum Gasteiger partial charge on any atom is 0.218 e. The summed E-state index contributed by atoms with van der Waals surface area (Å²) in [6.45, 7) is 0.974. The minimum atomic E-state index is 0.974. The Kier molecular flexibility index (Phi) is 4.24. The van der Waals surface area contributed by atoms with Gasteiger partial charge in [0.1, 0.15) is 19.7 Å². The maximum absolute atomic E-state index is 2.26. The first-order chi connectivity index (χ1) is 10.7. The number of rotatable bonds is 4. The molecule has 3 heteroatoms. The van der Waals surface area contributed by atoms with Gasteiger partial charge in [-0.05, 0) is 12.1 Å². The molecule has 0 aliphatic heterocycles. The van der Waals surface area contributed by atoms with E-state index in [1.54, 1.807) is 0 Å². The maximum atomic E-state index is 2.26. The lowest BCUT2D eigenvalue weighted by molar-refractivity contribution is -0.709. The number of pyridine rings is 3. The van der Waals surface area contributed by atoms with Gasteiger partial charge in [0.25, 0.3) is 0 Å². The summed E-state index contributed by atoms with van der Waals surface area (Å²) < 4.78 is 6.59. The first-order valence-electron chi connectivity index (χ1n) is 7.62. The van der Waals surface area contributed by atoms with Crippen molar-refractivity contribution in [1.29, 1.82) is 0 Å². The van der Waals surface area contributed by atoms with Gasteiger partial charge in [-0.3, -0.25) is 0 Å². The zero-order valence-electron chi connectivity index (χ0n) is 13.2. The second-order valence-corrected chi connectivity index (χ2v) is 5.58. The normalized spacial score (nSPS) is 10.6. The van der Waals surface area contributed by atoms with E-state index in [-0.39, 0.29) is 0 Å². The number of hydrogen-bond donors (Lipinski definition) is 0. The molecule has 3 rings (SSSR count). The van der Waals surface area contributed by atoms with Crippen molar-refractivity contribution in [3.63, 3.8) is 0 Å². The third kappa shape index (κ3) is 3.19. The standard InChI is InChI=1S/C19H22N3/c1-20-12-5-3-9-18(20)11-15-22-14-7-8-17(16-22)19-10-4-6-13-21(19)2/h3-10,12-14,16H,11,15H2,1-2H3/q+3. The van der Waals surface area contributed by atoms with Gasteiger partial charge < -0.3 is 0 Å². The molecular formula is C19H22N3+3. The van der Waals surface area contributed by atoms with Gasteiger partial charge in [-0.1, -0.05) is 6.07 Å². The molecule has 0 unspecified atom stereocenters. The van der Waals surface area contributed by atoms with Crippen LogP contribution >= 0.6 is 0 Å². The molecular weight excluding hydrogens is 270 g/mol. The van der Waals surface area contributed by atoms with Crippen molar-refractivity contribution < 1.29 is 13.7 Å². The summed E-state index contributed by atoms with van der Waals surface area (Å²) in [6.07, 6.45) is 9.55. The Morgan fingerprint density at radius 3 is 2.32 bits per heavy atom. The van der Waals surface area contributed by atoms with Gasteiger partial charge in [-0.15, -0.1) is 0 Å². The predicted molar refractivity (Wildman–Crippen MR) is 84.6 cm³/mol. The molecule has 0 radical (unpaired) electrons.